The number of terminal acetylenes is 1. The molecule has 1 aromatic rings. The van der Waals surface area contributed by atoms with E-state index in [4.69, 9.17) is 26.4 Å². The fourth-order valence-corrected chi connectivity index (χ4v) is 1.90. The van der Waals surface area contributed by atoms with E-state index in [9.17, 15) is 9.59 Å². The third-order valence-electron chi connectivity index (χ3n) is 3.02. The zero-order valence-electron chi connectivity index (χ0n) is 13.7. The number of ether oxygens (including phenoxy) is 3. The van der Waals surface area contributed by atoms with Crippen LogP contribution in [-0.2, 0) is 30.5 Å². The number of hydrogen-bond acceptors (Lipinski definition) is 5. The minimum atomic E-state index is -0.845. The molecule has 1 aromatic carbocycles. The first-order valence-corrected chi connectivity index (χ1v) is 7.21. The number of nitrogens with two attached hydrogens (primary N) is 1. The van der Waals surface area contributed by atoms with Gasteiger partial charge in [-0.1, -0.05) is 24.8 Å². The number of rotatable bonds is 5. The van der Waals surface area contributed by atoms with E-state index in [1.54, 1.807) is 30.3 Å². The second kappa shape index (κ2) is 10.4. The van der Waals surface area contributed by atoms with Gasteiger partial charge in [-0.2, -0.15) is 0 Å². The Labute approximate surface area is 165 Å². The van der Waals surface area contributed by atoms with Gasteiger partial charge in [-0.05, 0) is 24.1 Å². The second-order valence-corrected chi connectivity index (χ2v) is 4.84. The van der Waals surface area contributed by atoms with Crippen LogP contribution in [0, 0.1) is 12.3 Å². The predicted molar refractivity (Wildman–Crippen MR) is 88.8 cm³/mol. The van der Waals surface area contributed by atoms with Gasteiger partial charge in [0.15, 0.2) is 6.23 Å². The third kappa shape index (κ3) is 6.37. The first-order valence-electron chi connectivity index (χ1n) is 7.21. The predicted octanol–water partition coefficient (Wildman–Crippen LogP) is 1.51. The molecule has 0 saturated carbocycles. The van der Waals surface area contributed by atoms with Crippen LogP contribution in [0.15, 0.2) is 54.9 Å². The molecule has 2 rings (SSSR count). The molecule has 1 heterocycles. The number of carbonyl (C=O) groups is 2. The number of urea groups is 1. The van der Waals surface area contributed by atoms with Crippen molar-refractivity contribution < 1.29 is 44.9 Å². The topological polar surface area (TPSA) is 103 Å². The number of benzene rings is 1. The molecule has 8 nitrogen and oxygen atoms in total. The molecule has 0 unspecified atom stereocenters. The van der Waals surface area contributed by atoms with Gasteiger partial charge < -0.3 is 19.9 Å². The molecule has 0 aromatic heterocycles. The first-order chi connectivity index (χ1) is 12.0. The number of nitrogens with zero attached hydrogens (tertiary/aromatic N) is 1. The van der Waals surface area contributed by atoms with Gasteiger partial charge in [0.2, 0.25) is 6.29 Å². The van der Waals surface area contributed by atoms with E-state index in [2.05, 4.69) is 17.8 Å². The van der Waals surface area contributed by atoms with E-state index in [0.29, 0.717) is 5.75 Å². The Bertz CT molecular complexity index is 717. The summed E-state index contributed by atoms with van der Waals surface area (Å²) in [5, 5.41) is 2.41. The Morgan fingerprint density at radius 1 is 1.42 bits per heavy atom. The number of primary amides is 1. The maximum absolute atomic E-state index is 11.7. The first kappa shape index (κ1) is 21.5. The van der Waals surface area contributed by atoms with Crippen LogP contribution in [0.5, 0.6) is 5.75 Å². The van der Waals surface area contributed by atoms with Crippen molar-refractivity contribution in [3.63, 3.8) is 0 Å². The zero-order valence-corrected chi connectivity index (χ0v) is 15.7. The van der Waals surface area contributed by atoms with E-state index in [1.165, 1.54) is 12.3 Å². The van der Waals surface area contributed by atoms with Crippen LogP contribution < -0.4 is 15.8 Å². The monoisotopic (exact) mass is 441 g/mol. The zero-order chi connectivity index (χ0) is 18.2. The molecular formula is C17H17MoN3O5. The van der Waals surface area contributed by atoms with E-state index < -0.39 is 24.6 Å². The molecule has 26 heavy (non-hydrogen) atoms. The van der Waals surface area contributed by atoms with Crippen LogP contribution in [0.2, 0.25) is 0 Å². The van der Waals surface area contributed by atoms with E-state index in [-0.39, 0.29) is 33.4 Å². The maximum Gasteiger partial charge on any atom is 0.417 e. The summed E-state index contributed by atoms with van der Waals surface area (Å²) in [7, 11) is 0. The summed E-state index contributed by atoms with van der Waals surface area (Å²) in [5.74, 6) is 2.65. The van der Waals surface area contributed by atoms with Gasteiger partial charge in [-0.15, -0.1) is 6.42 Å². The normalized spacial score (nSPS) is 18.4. The van der Waals surface area contributed by atoms with E-state index in [1.807, 2.05) is 0 Å². The summed E-state index contributed by atoms with van der Waals surface area (Å²) in [5.41, 5.74) is 5.48. The van der Waals surface area contributed by atoms with Crippen molar-refractivity contribution in [2.45, 2.75) is 12.5 Å². The summed E-state index contributed by atoms with van der Waals surface area (Å²) in [6.45, 7) is 3.71. The van der Waals surface area contributed by atoms with Gasteiger partial charge in [0.05, 0.1) is 6.61 Å². The number of hydrogen-bond donors (Lipinski definition) is 2. The van der Waals surface area contributed by atoms with Crippen LogP contribution in [0.3, 0.4) is 0 Å². The summed E-state index contributed by atoms with van der Waals surface area (Å²) >= 11 is 0. The Hall–Kier alpha value is -2.59. The van der Waals surface area contributed by atoms with Crippen LogP contribution in [-0.4, -0.2) is 36.1 Å². The smallest absolute Gasteiger partial charge is 0.410 e. The Balaban J connectivity index is 0.00000338. The maximum atomic E-state index is 11.7. The molecule has 1 aliphatic heterocycles. The average molecular weight is 439 g/mol. The summed E-state index contributed by atoms with van der Waals surface area (Å²) < 4.78 is 15.5. The SMILES string of the molecule is C#C[C@H]1OC[C@@H](N(/C=C\C(=C)NC(=O)Oc2ccccc2)C(N)=O)O1.[Mo]. The molecule has 1 saturated heterocycles. The van der Waals surface area contributed by atoms with E-state index in [0.717, 1.165) is 4.90 Å². The largest absolute Gasteiger partial charge is 0.417 e. The minimum absolute atomic E-state index is 0. The van der Waals surface area contributed by atoms with Crippen molar-refractivity contribution in [3.05, 3.63) is 54.9 Å². The van der Waals surface area contributed by atoms with E-state index >= 15 is 0 Å². The van der Waals surface area contributed by atoms with Crippen molar-refractivity contribution in [3.8, 4) is 18.1 Å². The molecule has 9 heteroatoms. The van der Waals surface area contributed by atoms with Crippen LogP contribution in [0.25, 0.3) is 0 Å². The Morgan fingerprint density at radius 3 is 2.69 bits per heavy atom. The van der Waals surface area contributed by atoms with Crippen molar-refractivity contribution in [2.24, 2.45) is 5.73 Å². The molecule has 0 radical (unpaired) electrons. The summed E-state index contributed by atoms with van der Waals surface area (Å²) in [6.07, 6.45) is 5.52. The summed E-state index contributed by atoms with van der Waals surface area (Å²) in [6, 6.07) is 7.75. The van der Waals surface area contributed by atoms with Crippen molar-refractivity contribution in [1.29, 1.82) is 0 Å². The number of amides is 3. The molecule has 1 fully saturated rings. The molecule has 2 atom stereocenters. The van der Waals surface area contributed by atoms with Crippen LogP contribution in [0.1, 0.15) is 0 Å². The van der Waals surface area contributed by atoms with Crippen LogP contribution >= 0.6 is 0 Å². The summed E-state index contributed by atoms with van der Waals surface area (Å²) in [4.78, 5) is 24.3. The second-order valence-electron chi connectivity index (χ2n) is 4.84. The van der Waals surface area contributed by atoms with Gasteiger partial charge in [0.1, 0.15) is 5.75 Å². The van der Waals surface area contributed by atoms with Gasteiger partial charge >= 0.3 is 12.1 Å². The molecule has 0 spiro atoms. The van der Waals surface area contributed by atoms with Gasteiger partial charge in [0, 0.05) is 33.0 Å². The van der Waals surface area contributed by atoms with Crippen molar-refractivity contribution >= 4 is 12.1 Å². The van der Waals surface area contributed by atoms with Crippen molar-refractivity contribution in [2.75, 3.05) is 6.61 Å². The fraction of sp³-hybridized carbons (Fsp3) is 0.176. The van der Waals surface area contributed by atoms with Gasteiger partial charge in [-0.25, -0.2) is 9.59 Å². The van der Waals surface area contributed by atoms with Crippen molar-refractivity contribution in [1.82, 2.24) is 10.2 Å². The van der Waals surface area contributed by atoms with Crippen LogP contribution in [0.4, 0.5) is 9.59 Å². The number of nitrogens with one attached hydrogen (secondary N) is 1. The standard InChI is InChI=1S/C17H17N3O5.Mo/c1-3-15-23-11-14(25-15)20(16(18)21)10-9-12(2)19-17(22)24-13-7-5-4-6-8-13;/h1,4-10,14-15H,2,11H2,(H2,18,21)(H,19,22);/b10-9-;/t14-,15-;/m0./s1. The molecule has 3 amide bonds. The van der Waals surface area contributed by atoms with Gasteiger partial charge in [0.25, 0.3) is 0 Å². The quantitative estimate of drug-likeness (QED) is 0.412. The molecular weight excluding hydrogens is 422 g/mol. The minimum Gasteiger partial charge on any atom is -0.410 e. The van der Waals surface area contributed by atoms with Gasteiger partial charge in [-0.3, -0.25) is 10.2 Å². The fourth-order valence-electron chi connectivity index (χ4n) is 1.90. The molecule has 136 valence electrons. The number of carbonyl (C=O) groups excluding carboxylic acids is 2. The molecule has 1 aliphatic rings. The number of allylic oxidation sites excluding steroid dienone is 1. The average Bonchev–Trinajstić information content (AvgIpc) is 3.04. The molecule has 3 N–H and O–H groups in total. The Morgan fingerprint density at radius 2 is 2.12 bits per heavy atom. The number of para-hydroxylation sites is 1. The third-order valence-corrected chi connectivity index (χ3v) is 3.02. The molecule has 0 bridgehead atoms. The molecule has 0 aliphatic carbocycles. The Kier molecular flexibility index (Phi) is 8.59.